The number of carbonyl (C=O) groups is 1. The Morgan fingerprint density at radius 2 is 1.54 bits per heavy atom. The molecule has 37 heavy (non-hydrogen) atoms. The van der Waals surface area contributed by atoms with Crippen molar-refractivity contribution in [2.45, 2.75) is 19.4 Å². The van der Waals surface area contributed by atoms with Gasteiger partial charge < -0.3 is 9.84 Å². The van der Waals surface area contributed by atoms with Crippen LogP contribution in [0.5, 0.6) is 5.75 Å². The second kappa shape index (κ2) is 10.5. The summed E-state index contributed by atoms with van der Waals surface area (Å²) in [6.45, 7) is 1.78. The van der Waals surface area contributed by atoms with Crippen molar-refractivity contribution in [1.82, 2.24) is 9.78 Å². The Bertz CT molecular complexity index is 1530. The molecule has 1 unspecified atom stereocenters. The van der Waals surface area contributed by atoms with Crippen LogP contribution in [0.2, 0.25) is 0 Å². The molecule has 5 nitrogen and oxygen atoms in total. The van der Waals surface area contributed by atoms with Crippen LogP contribution in [0.1, 0.15) is 13.3 Å². The summed E-state index contributed by atoms with van der Waals surface area (Å²) in [4.78, 5) is 11.5. The van der Waals surface area contributed by atoms with Gasteiger partial charge in [0.1, 0.15) is 11.6 Å². The molecule has 0 saturated carbocycles. The third kappa shape index (κ3) is 5.14. The fourth-order valence-electron chi connectivity index (χ4n) is 4.27. The Morgan fingerprint density at radius 3 is 2.24 bits per heavy atom. The van der Waals surface area contributed by atoms with Gasteiger partial charge in [0, 0.05) is 11.1 Å². The Morgan fingerprint density at radius 1 is 0.865 bits per heavy atom. The molecule has 1 N–H and O–H groups in total. The maximum absolute atomic E-state index is 13.6. The maximum atomic E-state index is 13.6. The third-order valence-electron chi connectivity index (χ3n) is 6.12. The van der Waals surface area contributed by atoms with Crippen LogP contribution in [0.4, 0.5) is 4.39 Å². The Balaban J connectivity index is 1.61. The van der Waals surface area contributed by atoms with E-state index in [9.17, 15) is 14.3 Å². The van der Waals surface area contributed by atoms with Crippen LogP contribution in [0.15, 0.2) is 109 Å². The number of aliphatic carboxylic acids is 1. The third-order valence-corrected chi connectivity index (χ3v) is 6.12. The highest BCUT2D eigenvalue weighted by molar-refractivity contribution is 5.84. The topological polar surface area (TPSA) is 64.4 Å². The van der Waals surface area contributed by atoms with Gasteiger partial charge >= 0.3 is 5.97 Å². The maximum Gasteiger partial charge on any atom is 0.344 e. The first-order valence-corrected chi connectivity index (χ1v) is 12.0. The SMILES string of the molecule is CCC(Oc1cccc(-c2ccccc2-c2cc(-c3ccccc3)n(-c3ccc(F)cc3)n2)c1)C(=O)O. The largest absolute Gasteiger partial charge is 0.479 e. The molecule has 184 valence electrons. The molecular formula is C31H25FN2O3. The molecule has 0 radical (unpaired) electrons. The summed E-state index contributed by atoms with van der Waals surface area (Å²) >= 11 is 0. The number of halogens is 1. The molecule has 1 atom stereocenters. The highest BCUT2D eigenvalue weighted by Gasteiger charge is 2.19. The fourth-order valence-corrected chi connectivity index (χ4v) is 4.27. The predicted octanol–water partition coefficient (Wildman–Crippen LogP) is 7.25. The number of hydrogen-bond acceptors (Lipinski definition) is 3. The minimum atomic E-state index is -0.993. The quantitative estimate of drug-likeness (QED) is 0.248. The normalized spacial score (nSPS) is 11.7. The molecule has 6 heteroatoms. The molecule has 0 amide bonds. The lowest BCUT2D eigenvalue weighted by Gasteiger charge is -2.15. The summed E-state index contributed by atoms with van der Waals surface area (Å²) < 4.78 is 21.2. The zero-order valence-corrected chi connectivity index (χ0v) is 20.2. The van der Waals surface area contributed by atoms with Crippen LogP contribution in [0.3, 0.4) is 0 Å². The Hall–Kier alpha value is -4.71. The first-order valence-electron chi connectivity index (χ1n) is 12.0. The second-order valence-electron chi connectivity index (χ2n) is 8.60. The predicted molar refractivity (Wildman–Crippen MR) is 142 cm³/mol. The van der Waals surface area contributed by atoms with Crippen LogP contribution in [0.25, 0.3) is 39.3 Å². The van der Waals surface area contributed by atoms with Crippen molar-refractivity contribution < 1.29 is 19.0 Å². The van der Waals surface area contributed by atoms with Crippen molar-refractivity contribution >= 4 is 5.97 Å². The fraction of sp³-hybridized carbons (Fsp3) is 0.0968. The summed E-state index contributed by atoms with van der Waals surface area (Å²) in [6, 6.07) is 33.5. The minimum absolute atomic E-state index is 0.307. The van der Waals surface area contributed by atoms with Crippen molar-refractivity contribution in [3.05, 3.63) is 115 Å². The number of hydrogen-bond donors (Lipinski definition) is 1. The van der Waals surface area contributed by atoms with Gasteiger partial charge in [0.25, 0.3) is 0 Å². The van der Waals surface area contributed by atoms with E-state index < -0.39 is 12.1 Å². The van der Waals surface area contributed by atoms with Gasteiger partial charge in [0.2, 0.25) is 0 Å². The average molecular weight is 493 g/mol. The number of carboxylic acids is 1. The van der Waals surface area contributed by atoms with Crippen LogP contribution < -0.4 is 4.74 Å². The Labute approximate surface area is 214 Å². The molecular weight excluding hydrogens is 467 g/mol. The number of benzene rings is 4. The monoisotopic (exact) mass is 492 g/mol. The van der Waals surface area contributed by atoms with Crippen LogP contribution in [-0.2, 0) is 4.79 Å². The van der Waals surface area contributed by atoms with Gasteiger partial charge in [-0.2, -0.15) is 5.10 Å². The van der Waals surface area contributed by atoms with E-state index in [0.717, 1.165) is 39.3 Å². The molecule has 0 fully saturated rings. The van der Waals surface area contributed by atoms with Crippen molar-refractivity contribution in [1.29, 1.82) is 0 Å². The standard InChI is InChI=1S/C31H25FN2O3/c1-2-30(31(35)36)37-25-12-8-11-22(19-25)26-13-6-7-14-27(26)28-20-29(21-9-4-3-5-10-21)34(33-28)24-17-15-23(32)16-18-24/h3-20,30H,2H2,1H3,(H,35,36). The van der Waals surface area contributed by atoms with E-state index in [1.54, 1.807) is 25.1 Å². The van der Waals surface area contributed by atoms with Gasteiger partial charge in [0.15, 0.2) is 6.10 Å². The van der Waals surface area contributed by atoms with Crippen molar-refractivity contribution in [2.24, 2.45) is 0 Å². The summed E-state index contributed by atoms with van der Waals surface area (Å²) in [5.74, 6) is -0.811. The van der Waals surface area contributed by atoms with Gasteiger partial charge in [-0.25, -0.2) is 13.9 Å². The molecule has 0 bridgehead atoms. The minimum Gasteiger partial charge on any atom is -0.479 e. The van der Waals surface area contributed by atoms with Crippen molar-refractivity contribution in [3.63, 3.8) is 0 Å². The molecule has 0 spiro atoms. The first kappa shape index (κ1) is 24.0. The highest BCUT2D eigenvalue weighted by atomic mass is 19.1. The van der Waals surface area contributed by atoms with Crippen molar-refractivity contribution in [2.75, 3.05) is 0 Å². The first-order chi connectivity index (χ1) is 18.0. The van der Waals surface area contributed by atoms with Crippen LogP contribution in [-0.4, -0.2) is 27.0 Å². The zero-order valence-electron chi connectivity index (χ0n) is 20.2. The highest BCUT2D eigenvalue weighted by Crippen LogP contribution is 2.36. The number of rotatable bonds is 8. The summed E-state index contributed by atoms with van der Waals surface area (Å²) in [7, 11) is 0. The van der Waals surface area contributed by atoms with E-state index in [1.807, 2.05) is 83.5 Å². The van der Waals surface area contributed by atoms with E-state index >= 15 is 0 Å². The number of carboxylic acid groups (broad SMARTS) is 1. The molecule has 0 aliphatic carbocycles. The average Bonchev–Trinajstić information content (AvgIpc) is 3.38. The molecule has 0 aliphatic rings. The van der Waals surface area contributed by atoms with Crippen LogP contribution >= 0.6 is 0 Å². The van der Waals surface area contributed by atoms with E-state index in [4.69, 9.17) is 9.84 Å². The summed E-state index contributed by atoms with van der Waals surface area (Å²) in [5, 5.41) is 14.3. The van der Waals surface area contributed by atoms with E-state index in [0.29, 0.717) is 12.2 Å². The van der Waals surface area contributed by atoms with Gasteiger partial charge in [0.05, 0.1) is 17.1 Å². The lowest BCUT2D eigenvalue weighted by atomic mass is 9.97. The van der Waals surface area contributed by atoms with Gasteiger partial charge in [-0.1, -0.05) is 73.7 Å². The smallest absolute Gasteiger partial charge is 0.344 e. The van der Waals surface area contributed by atoms with E-state index in [1.165, 1.54) is 12.1 Å². The molecule has 1 heterocycles. The van der Waals surface area contributed by atoms with Gasteiger partial charge in [-0.15, -0.1) is 0 Å². The summed E-state index contributed by atoms with van der Waals surface area (Å²) in [5.41, 5.74) is 6.08. The molecule has 0 saturated heterocycles. The number of ether oxygens (including phenoxy) is 1. The number of aromatic nitrogens is 2. The van der Waals surface area contributed by atoms with Crippen LogP contribution in [0, 0.1) is 5.82 Å². The Kier molecular flexibility index (Phi) is 6.81. The summed E-state index contributed by atoms with van der Waals surface area (Å²) in [6.07, 6.45) is -0.551. The van der Waals surface area contributed by atoms with E-state index in [2.05, 4.69) is 0 Å². The molecule has 1 aromatic heterocycles. The lowest BCUT2D eigenvalue weighted by molar-refractivity contribution is -0.145. The zero-order chi connectivity index (χ0) is 25.8. The molecule has 0 aliphatic heterocycles. The lowest BCUT2D eigenvalue weighted by Crippen LogP contribution is -2.25. The van der Waals surface area contributed by atoms with Crippen molar-refractivity contribution in [3.8, 4) is 45.1 Å². The second-order valence-corrected chi connectivity index (χ2v) is 8.60. The van der Waals surface area contributed by atoms with E-state index in [-0.39, 0.29) is 5.82 Å². The number of nitrogens with zero attached hydrogens (tertiary/aromatic N) is 2. The van der Waals surface area contributed by atoms with Gasteiger partial charge in [-0.3, -0.25) is 0 Å². The molecule has 4 aromatic carbocycles. The van der Waals surface area contributed by atoms with Gasteiger partial charge in [-0.05, 0) is 60.0 Å². The molecule has 5 rings (SSSR count). The molecule has 5 aromatic rings.